The Labute approximate surface area is 127 Å². The highest BCUT2D eigenvalue weighted by atomic mass is 16.2. The van der Waals surface area contributed by atoms with E-state index in [4.69, 9.17) is 5.73 Å². The van der Waals surface area contributed by atoms with Crippen LogP contribution in [0.1, 0.15) is 56.1 Å². The lowest BCUT2D eigenvalue weighted by atomic mass is 9.77. The van der Waals surface area contributed by atoms with Gasteiger partial charge in [0.2, 0.25) is 0 Å². The number of hydrogen-bond acceptors (Lipinski definition) is 3. The molecule has 1 aliphatic heterocycles. The maximum Gasteiger partial charge on any atom is 0.255 e. The van der Waals surface area contributed by atoms with E-state index < -0.39 is 0 Å². The van der Waals surface area contributed by atoms with Crippen LogP contribution in [-0.4, -0.2) is 28.9 Å². The largest absolute Gasteiger partial charge is 0.397 e. The second kappa shape index (κ2) is 6.04. The van der Waals surface area contributed by atoms with Gasteiger partial charge >= 0.3 is 0 Å². The van der Waals surface area contributed by atoms with Crippen LogP contribution in [0.25, 0.3) is 0 Å². The maximum absolute atomic E-state index is 12.7. The van der Waals surface area contributed by atoms with Crippen LogP contribution in [0, 0.1) is 18.3 Å². The average Bonchev–Trinajstić information content (AvgIpc) is 2.66. The molecule has 4 nitrogen and oxygen atoms in total. The second-order valence-corrected chi connectivity index (χ2v) is 7.19. The summed E-state index contributed by atoms with van der Waals surface area (Å²) in [6.07, 6.45) is 4.94. The summed E-state index contributed by atoms with van der Waals surface area (Å²) in [5, 5.41) is 0. The normalized spacial score (nSPS) is 20.2. The Morgan fingerprint density at radius 2 is 2.05 bits per heavy atom. The summed E-state index contributed by atoms with van der Waals surface area (Å²) >= 11 is 0. The van der Waals surface area contributed by atoms with Crippen LogP contribution in [0.5, 0.6) is 0 Å². The molecule has 0 spiro atoms. The van der Waals surface area contributed by atoms with Crippen molar-refractivity contribution in [3.05, 3.63) is 23.5 Å². The Hall–Kier alpha value is -1.58. The Kier molecular flexibility index (Phi) is 4.55. The number of anilines is 1. The molecule has 0 bridgehead atoms. The first kappa shape index (κ1) is 15.8. The minimum Gasteiger partial charge on any atom is -0.397 e. The quantitative estimate of drug-likeness (QED) is 0.863. The first-order valence-electron chi connectivity index (χ1n) is 7.80. The summed E-state index contributed by atoms with van der Waals surface area (Å²) < 4.78 is 0. The van der Waals surface area contributed by atoms with Crippen molar-refractivity contribution in [2.24, 2.45) is 11.3 Å². The average molecular weight is 289 g/mol. The molecule has 1 fully saturated rings. The molecule has 1 atom stereocenters. The van der Waals surface area contributed by atoms with Gasteiger partial charge in [-0.25, -0.2) is 0 Å². The fourth-order valence-electron chi connectivity index (χ4n) is 3.10. The van der Waals surface area contributed by atoms with Gasteiger partial charge in [-0.05, 0) is 43.6 Å². The molecule has 1 aliphatic rings. The summed E-state index contributed by atoms with van der Waals surface area (Å²) in [5.74, 6) is 0.747. The van der Waals surface area contributed by atoms with Crippen molar-refractivity contribution in [2.45, 2.75) is 47.0 Å². The van der Waals surface area contributed by atoms with E-state index in [9.17, 15) is 4.79 Å². The van der Waals surface area contributed by atoms with Crippen molar-refractivity contribution in [3.8, 4) is 0 Å². The lowest BCUT2D eigenvalue weighted by molar-refractivity contribution is 0.0754. The van der Waals surface area contributed by atoms with Crippen molar-refractivity contribution in [3.63, 3.8) is 0 Å². The van der Waals surface area contributed by atoms with Crippen LogP contribution >= 0.6 is 0 Å². The SMILES string of the molecule is Cc1ncc(N)cc1C(=O)N1CCCC(C(C)(C)C)CC1. The van der Waals surface area contributed by atoms with Crippen LogP contribution in [0.15, 0.2) is 12.3 Å². The highest BCUT2D eigenvalue weighted by Crippen LogP contribution is 2.34. The van der Waals surface area contributed by atoms with Gasteiger partial charge < -0.3 is 10.6 Å². The highest BCUT2D eigenvalue weighted by Gasteiger charge is 2.29. The first-order chi connectivity index (χ1) is 9.79. The van der Waals surface area contributed by atoms with Crippen molar-refractivity contribution in [1.82, 2.24) is 9.88 Å². The molecule has 21 heavy (non-hydrogen) atoms. The van der Waals surface area contributed by atoms with Gasteiger partial charge in [-0.1, -0.05) is 20.8 Å². The lowest BCUT2D eigenvalue weighted by Gasteiger charge is -2.29. The van der Waals surface area contributed by atoms with E-state index >= 15 is 0 Å². The number of nitrogen functional groups attached to an aromatic ring is 1. The molecule has 1 aromatic rings. The van der Waals surface area contributed by atoms with Gasteiger partial charge in [0.15, 0.2) is 0 Å². The minimum atomic E-state index is 0.0712. The second-order valence-electron chi connectivity index (χ2n) is 7.19. The van der Waals surface area contributed by atoms with E-state index in [1.165, 1.54) is 6.42 Å². The molecule has 0 radical (unpaired) electrons. The minimum absolute atomic E-state index is 0.0712. The third-order valence-electron chi connectivity index (χ3n) is 4.58. The monoisotopic (exact) mass is 289 g/mol. The lowest BCUT2D eigenvalue weighted by Crippen LogP contribution is -2.33. The van der Waals surface area contributed by atoms with Crippen LogP contribution < -0.4 is 5.73 Å². The predicted octanol–water partition coefficient (Wildman–Crippen LogP) is 3.26. The Morgan fingerprint density at radius 3 is 2.71 bits per heavy atom. The van der Waals surface area contributed by atoms with Gasteiger partial charge in [0, 0.05) is 13.1 Å². The zero-order chi connectivity index (χ0) is 15.6. The fourth-order valence-corrected chi connectivity index (χ4v) is 3.10. The van der Waals surface area contributed by atoms with Gasteiger partial charge in [-0.15, -0.1) is 0 Å². The number of likely N-dealkylation sites (tertiary alicyclic amines) is 1. The number of aromatic nitrogens is 1. The van der Waals surface area contributed by atoms with Gasteiger partial charge in [-0.2, -0.15) is 0 Å². The third kappa shape index (κ3) is 3.74. The van der Waals surface area contributed by atoms with Crippen LogP contribution in [0.3, 0.4) is 0 Å². The number of nitrogens with two attached hydrogens (primary N) is 1. The summed E-state index contributed by atoms with van der Waals surface area (Å²) in [6, 6.07) is 1.75. The van der Waals surface area contributed by atoms with Crippen molar-refractivity contribution in [1.29, 1.82) is 0 Å². The standard InChI is InChI=1S/C17H27N3O/c1-12-15(10-14(18)11-19-12)16(21)20-8-5-6-13(7-9-20)17(2,3)4/h10-11,13H,5-9,18H2,1-4H3. The number of carbonyl (C=O) groups excluding carboxylic acids is 1. The van der Waals surface area contributed by atoms with E-state index in [1.807, 2.05) is 11.8 Å². The molecule has 0 aliphatic carbocycles. The molecule has 1 unspecified atom stereocenters. The number of carbonyl (C=O) groups is 1. The Morgan fingerprint density at radius 1 is 1.33 bits per heavy atom. The molecule has 1 amide bonds. The molecule has 116 valence electrons. The van der Waals surface area contributed by atoms with Crippen LogP contribution in [0.4, 0.5) is 5.69 Å². The van der Waals surface area contributed by atoms with E-state index in [0.29, 0.717) is 22.6 Å². The van der Waals surface area contributed by atoms with E-state index in [2.05, 4.69) is 25.8 Å². The van der Waals surface area contributed by atoms with Crippen molar-refractivity contribution < 1.29 is 4.79 Å². The highest BCUT2D eigenvalue weighted by molar-refractivity contribution is 5.96. The molecule has 1 saturated heterocycles. The number of rotatable bonds is 1. The van der Waals surface area contributed by atoms with Crippen LogP contribution in [-0.2, 0) is 0 Å². The summed E-state index contributed by atoms with van der Waals surface area (Å²) in [6.45, 7) is 10.4. The summed E-state index contributed by atoms with van der Waals surface area (Å²) in [4.78, 5) is 18.9. The Balaban J connectivity index is 2.12. The van der Waals surface area contributed by atoms with Crippen LogP contribution in [0.2, 0.25) is 0 Å². The number of aryl methyl sites for hydroxylation is 1. The molecule has 0 aromatic carbocycles. The van der Waals surface area contributed by atoms with Crippen molar-refractivity contribution in [2.75, 3.05) is 18.8 Å². The number of hydrogen-bond donors (Lipinski definition) is 1. The molecular formula is C17H27N3O. The number of amides is 1. The molecular weight excluding hydrogens is 262 g/mol. The first-order valence-corrected chi connectivity index (χ1v) is 7.80. The molecule has 2 heterocycles. The zero-order valence-corrected chi connectivity index (χ0v) is 13.6. The number of pyridine rings is 1. The van der Waals surface area contributed by atoms with E-state index in [1.54, 1.807) is 12.3 Å². The fraction of sp³-hybridized carbons (Fsp3) is 0.647. The molecule has 0 saturated carbocycles. The van der Waals surface area contributed by atoms with Gasteiger partial charge in [0.1, 0.15) is 0 Å². The molecule has 1 aromatic heterocycles. The third-order valence-corrected chi connectivity index (χ3v) is 4.58. The van der Waals surface area contributed by atoms with Crippen molar-refractivity contribution >= 4 is 11.6 Å². The number of nitrogens with zero attached hydrogens (tertiary/aromatic N) is 2. The van der Waals surface area contributed by atoms with Gasteiger partial charge in [0.25, 0.3) is 5.91 Å². The summed E-state index contributed by atoms with van der Waals surface area (Å²) in [7, 11) is 0. The predicted molar refractivity (Wildman–Crippen MR) is 86.1 cm³/mol. The Bertz CT molecular complexity index is 519. The zero-order valence-electron chi connectivity index (χ0n) is 13.6. The van der Waals surface area contributed by atoms with Gasteiger partial charge in [0.05, 0.1) is 23.1 Å². The topological polar surface area (TPSA) is 59.2 Å². The molecule has 2 N–H and O–H groups in total. The smallest absolute Gasteiger partial charge is 0.255 e. The van der Waals surface area contributed by atoms with E-state index in [0.717, 1.165) is 31.6 Å². The maximum atomic E-state index is 12.7. The summed E-state index contributed by atoms with van der Waals surface area (Å²) in [5.41, 5.74) is 8.03. The molecule has 2 rings (SSSR count). The van der Waals surface area contributed by atoms with Gasteiger partial charge in [-0.3, -0.25) is 9.78 Å². The molecule has 4 heteroatoms. The van der Waals surface area contributed by atoms with E-state index in [-0.39, 0.29) is 5.91 Å².